The summed E-state index contributed by atoms with van der Waals surface area (Å²) in [6, 6.07) is 13.3. The van der Waals surface area contributed by atoms with Crippen LogP contribution in [0.3, 0.4) is 0 Å². The molecule has 0 fully saturated rings. The standard InChI is InChI=1S/C18H17N3O2S/c1-12-6-8-14(9-7-12)18-20-15(11-24-18)10-19-16-4-3-5-17(13(16)2)21(22)23/h3-9,11,19H,10H2,1-2H3. The van der Waals surface area contributed by atoms with Crippen molar-refractivity contribution in [2.45, 2.75) is 20.4 Å². The maximum atomic E-state index is 11.0. The molecular weight excluding hydrogens is 322 g/mol. The Hall–Kier alpha value is -2.73. The van der Waals surface area contributed by atoms with E-state index in [4.69, 9.17) is 0 Å². The van der Waals surface area contributed by atoms with Crippen LogP contribution in [-0.2, 0) is 6.54 Å². The highest BCUT2D eigenvalue weighted by atomic mass is 32.1. The molecule has 0 saturated carbocycles. The zero-order valence-electron chi connectivity index (χ0n) is 13.4. The summed E-state index contributed by atoms with van der Waals surface area (Å²) in [6.45, 7) is 4.34. The number of hydrogen-bond acceptors (Lipinski definition) is 5. The second kappa shape index (κ2) is 6.80. The van der Waals surface area contributed by atoms with Gasteiger partial charge in [-0.2, -0.15) is 0 Å². The lowest BCUT2D eigenvalue weighted by Crippen LogP contribution is -2.03. The van der Waals surface area contributed by atoms with Gasteiger partial charge in [0.2, 0.25) is 0 Å². The smallest absolute Gasteiger partial charge is 0.274 e. The molecule has 122 valence electrons. The van der Waals surface area contributed by atoms with Gasteiger partial charge >= 0.3 is 0 Å². The van der Waals surface area contributed by atoms with E-state index in [-0.39, 0.29) is 10.6 Å². The van der Waals surface area contributed by atoms with Crippen LogP contribution in [0.2, 0.25) is 0 Å². The van der Waals surface area contributed by atoms with Crippen molar-refractivity contribution in [2.24, 2.45) is 0 Å². The van der Waals surface area contributed by atoms with Crippen LogP contribution < -0.4 is 5.32 Å². The lowest BCUT2D eigenvalue weighted by Gasteiger charge is -2.08. The van der Waals surface area contributed by atoms with Crippen LogP contribution in [0.4, 0.5) is 11.4 Å². The molecule has 0 unspecified atom stereocenters. The van der Waals surface area contributed by atoms with E-state index in [2.05, 4.69) is 41.5 Å². The molecule has 0 aliphatic rings. The minimum Gasteiger partial charge on any atom is -0.379 e. The molecule has 1 heterocycles. The van der Waals surface area contributed by atoms with Gasteiger partial charge in [-0.3, -0.25) is 10.1 Å². The van der Waals surface area contributed by atoms with Gasteiger partial charge in [0.1, 0.15) is 5.01 Å². The van der Waals surface area contributed by atoms with E-state index in [0.29, 0.717) is 12.1 Å². The summed E-state index contributed by atoms with van der Waals surface area (Å²) in [4.78, 5) is 15.3. The minimum absolute atomic E-state index is 0.124. The molecule has 0 aliphatic carbocycles. The van der Waals surface area contributed by atoms with Gasteiger partial charge in [-0.1, -0.05) is 35.9 Å². The van der Waals surface area contributed by atoms with Gasteiger partial charge in [-0.25, -0.2) is 4.98 Å². The number of nitro groups is 1. The van der Waals surface area contributed by atoms with Gasteiger partial charge in [0.05, 0.1) is 17.2 Å². The Kier molecular flexibility index (Phi) is 4.57. The van der Waals surface area contributed by atoms with E-state index >= 15 is 0 Å². The third-order valence-corrected chi connectivity index (χ3v) is 4.75. The lowest BCUT2D eigenvalue weighted by molar-refractivity contribution is -0.385. The van der Waals surface area contributed by atoms with Crippen molar-refractivity contribution >= 4 is 22.7 Å². The van der Waals surface area contributed by atoms with Crippen molar-refractivity contribution < 1.29 is 4.92 Å². The van der Waals surface area contributed by atoms with Crippen LogP contribution in [0, 0.1) is 24.0 Å². The molecular formula is C18H17N3O2S. The predicted octanol–water partition coefficient (Wildman–Crippen LogP) is 4.95. The Labute approximate surface area is 144 Å². The summed E-state index contributed by atoms with van der Waals surface area (Å²) in [5.74, 6) is 0. The van der Waals surface area contributed by atoms with E-state index < -0.39 is 0 Å². The Morgan fingerprint density at radius 2 is 1.92 bits per heavy atom. The number of aryl methyl sites for hydroxylation is 1. The normalized spacial score (nSPS) is 10.6. The van der Waals surface area contributed by atoms with Crippen molar-refractivity contribution in [3.8, 4) is 10.6 Å². The van der Waals surface area contributed by atoms with Crippen molar-refractivity contribution in [1.29, 1.82) is 0 Å². The van der Waals surface area contributed by atoms with Gasteiger partial charge in [-0.05, 0) is 19.9 Å². The van der Waals surface area contributed by atoms with Gasteiger partial charge in [-0.15, -0.1) is 11.3 Å². The fourth-order valence-corrected chi connectivity index (χ4v) is 3.24. The maximum Gasteiger partial charge on any atom is 0.274 e. The molecule has 1 aromatic heterocycles. The molecule has 0 aliphatic heterocycles. The lowest BCUT2D eigenvalue weighted by atomic mass is 10.1. The zero-order valence-corrected chi connectivity index (χ0v) is 14.3. The number of hydrogen-bond donors (Lipinski definition) is 1. The fraction of sp³-hybridized carbons (Fsp3) is 0.167. The first-order valence-electron chi connectivity index (χ1n) is 7.54. The number of nitro benzene ring substituents is 1. The van der Waals surface area contributed by atoms with Gasteiger partial charge in [0, 0.05) is 28.3 Å². The average molecular weight is 339 g/mol. The second-order valence-electron chi connectivity index (χ2n) is 5.57. The Morgan fingerprint density at radius 1 is 1.17 bits per heavy atom. The zero-order chi connectivity index (χ0) is 17.1. The predicted molar refractivity (Wildman–Crippen MR) is 97.4 cm³/mol. The first kappa shape index (κ1) is 16.1. The van der Waals surface area contributed by atoms with Crippen molar-refractivity contribution in [3.05, 3.63) is 74.8 Å². The van der Waals surface area contributed by atoms with Crippen LogP contribution in [0.15, 0.2) is 47.8 Å². The molecule has 0 radical (unpaired) electrons. The molecule has 2 aromatic carbocycles. The van der Waals surface area contributed by atoms with E-state index in [1.807, 2.05) is 11.4 Å². The maximum absolute atomic E-state index is 11.0. The number of nitrogens with zero attached hydrogens (tertiary/aromatic N) is 2. The summed E-state index contributed by atoms with van der Waals surface area (Å²) in [5.41, 5.74) is 4.76. The van der Waals surface area contributed by atoms with Crippen LogP contribution in [-0.4, -0.2) is 9.91 Å². The molecule has 1 N–H and O–H groups in total. The largest absolute Gasteiger partial charge is 0.379 e. The quantitative estimate of drug-likeness (QED) is 0.527. The molecule has 24 heavy (non-hydrogen) atoms. The molecule has 3 rings (SSSR count). The topological polar surface area (TPSA) is 68.1 Å². The van der Waals surface area contributed by atoms with Crippen molar-refractivity contribution in [3.63, 3.8) is 0 Å². The first-order valence-corrected chi connectivity index (χ1v) is 8.42. The summed E-state index contributed by atoms with van der Waals surface area (Å²) >= 11 is 1.60. The molecule has 0 bridgehead atoms. The number of thiazole rings is 1. The molecule has 0 spiro atoms. The second-order valence-corrected chi connectivity index (χ2v) is 6.43. The number of nitrogens with one attached hydrogen (secondary N) is 1. The molecule has 3 aromatic rings. The number of anilines is 1. The van der Waals surface area contributed by atoms with E-state index in [9.17, 15) is 10.1 Å². The number of aromatic nitrogens is 1. The Morgan fingerprint density at radius 3 is 2.62 bits per heavy atom. The molecule has 0 saturated heterocycles. The van der Waals surface area contributed by atoms with Gasteiger partial charge in [0.15, 0.2) is 0 Å². The third kappa shape index (κ3) is 3.44. The SMILES string of the molecule is Cc1ccc(-c2nc(CNc3cccc([N+](=O)[O-])c3C)cs2)cc1. The molecule has 5 nitrogen and oxygen atoms in total. The summed E-state index contributed by atoms with van der Waals surface area (Å²) < 4.78 is 0. The molecule has 6 heteroatoms. The Bertz CT molecular complexity index is 872. The van der Waals surface area contributed by atoms with E-state index in [0.717, 1.165) is 22.0 Å². The first-order chi connectivity index (χ1) is 11.5. The van der Waals surface area contributed by atoms with Crippen molar-refractivity contribution in [1.82, 2.24) is 4.98 Å². The fourth-order valence-electron chi connectivity index (χ4n) is 2.42. The average Bonchev–Trinajstić information content (AvgIpc) is 3.03. The van der Waals surface area contributed by atoms with E-state index in [1.165, 1.54) is 11.6 Å². The highest BCUT2D eigenvalue weighted by Gasteiger charge is 2.13. The highest BCUT2D eigenvalue weighted by molar-refractivity contribution is 7.13. The molecule has 0 atom stereocenters. The molecule has 0 amide bonds. The minimum atomic E-state index is -0.362. The summed E-state index contributed by atoms with van der Waals surface area (Å²) in [5, 5.41) is 17.2. The van der Waals surface area contributed by atoms with E-state index in [1.54, 1.807) is 24.3 Å². The van der Waals surface area contributed by atoms with Crippen LogP contribution in [0.25, 0.3) is 10.6 Å². The van der Waals surface area contributed by atoms with Crippen molar-refractivity contribution in [2.75, 3.05) is 5.32 Å². The number of benzene rings is 2. The Balaban J connectivity index is 1.73. The highest BCUT2D eigenvalue weighted by Crippen LogP contribution is 2.27. The summed E-state index contributed by atoms with van der Waals surface area (Å²) in [7, 11) is 0. The number of rotatable bonds is 5. The van der Waals surface area contributed by atoms with Crippen LogP contribution in [0.5, 0.6) is 0 Å². The van der Waals surface area contributed by atoms with Gasteiger partial charge in [0.25, 0.3) is 5.69 Å². The third-order valence-electron chi connectivity index (χ3n) is 3.81. The van der Waals surface area contributed by atoms with Crippen LogP contribution >= 0.6 is 11.3 Å². The monoisotopic (exact) mass is 339 g/mol. The van der Waals surface area contributed by atoms with Crippen LogP contribution in [0.1, 0.15) is 16.8 Å². The summed E-state index contributed by atoms with van der Waals surface area (Å²) in [6.07, 6.45) is 0. The van der Waals surface area contributed by atoms with Gasteiger partial charge < -0.3 is 5.32 Å².